The number of nitrogens with zero attached hydrogens (tertiary/aromatic N) is 1. The van der Waals surface area contributed by atoms with Gasteiger partial charge in [0.15, 0.2) is 0 Å². The van der Waals surface area contributed by atoms with Crippen LogP contribution in [0, 0.1) is 5.41 Å². The summed E-state index contributed by atoms with van der Waals surface area (Å²) in [6.07, 6.45) is 1.53. The van der Waals surface area contributed by atoms with Crippen LogP contribution in [-0.4, -0.2) is 55.4 Å². The summed E-state index contributed by atoms with van der Waals surface area (Å²) in [7, 11) is 0. The van der Waals surface area contributed by atoms with Crippen molar-refractivity contribution in [3.8, 4) is 0 Å². The highest BCUT2D eigenvalue weighted by atomic mass is 16.5. The number of nitrogens with two attached hydrogens (primary N) is 1. The summed E-state index contributed by atoms with van der Waals surface area (Å²) in [4.78, 5) is 14.8. The summed E-state index contributed by atoms with van der Waals surface area (Å²) >= 11 is 0. The molecule has 2 heterocycles. The van der Waals surface area contributed by atoms with E-state index in [2.05, 4.69) is 0 Å². The van der Waals surface area contributed by atoms with Gasteiger partial charge in [0.05, 0.1) is 17.1 Å². The minimum atomic E-state index is -0.425. The molecule has 0 aromatic carbocycles. The Kier molecular flexibility index (Phi) is 4.18. The van der Waals surface area contributed by atoms with Gasteiger partial charge < -0.3 is 20.1 Å². The average Bonchev–Trinajstić information content (AvgIpc) is 2.36. The molecule has 2 fully saturated rings. The monoisotopic (exact) mass is 270 g/mol. The number of hydrogen-bond acceptors (Lipinski definition) is 4. The first-order valence-corrected chi connectivity index (χ1v) is 7.14. The van der Waals surface area contributed by atoms with Crippen molar-refractivity contribution in [2.24, 2.45) is 11.1 Å². The SMILES string of the molecule is CC1CN(C(=O)C2(CN)CCOCC2)CC(C)(C)O1. The molecule has 5 nitrogen and oxygen atoms in total. The van der Waals surface area contributed by atoms with Gasteiger partial charge in [-0.2, -0.15) is 0 Å². The molecule has 110 valence electrons. The third-order valence-electron chi connectivity index (χ3n) is 4.15. The largest absolute Gasteiger partial charge is 0.381 e. The van der Waals surface area contributed by atoms with Crippen molar-refractivity contribution in [2.75, 3.05) is 32.8 Å². The van der Waals surface area contributed by atoms with Gasteiger partial charge in [0.2, 0.25) is 5.91 Å². The highest BCUT2D eigenvalue weighted by Gasteiger charge is 2.44. The molecule has 1 unspecified atom stereocenters. The molecule has 5 heteroatoms. The Morgan fingerprint density at radius 3 is 2.53 bits per heavy atom. The second-order valence-electron chi connectivity index (χ2n) is 6.47. The second kappa shape index (κ2) is 5.38. The van der Waals surface area contributed by atoms with Gasteiger partial charge in [-0.15, -0.1) is 0 Å². The van der Waals surface area contributed by atoms with Crippen LogP contribution in [0.5, 0.6) is 0 Å². The van der Waals surface area contributed by atoms with E-state index >= 15 is 0 Å². The van der Waals surface area contributed by atoms with Gasteiger partial charge >= 0.3 is 0 Å². The number of amides is 1. The van der Waals surface area contributed by atoms with Crippen LogP contribution in [0.1, 0.15) is 33.6 Å². The van der Waals surface area contributed by atoms with E-state index in [1.807, 2.05) is 25.7 Å². The molecule has 0 aliphatic carbocycles. The van der Waals surface area contributed by atoms with Crippen LogP contribution in [0.15, 0.2) is 0 Å². The highest BCUT2D eigenvalue weighted by molar-refractivity contribution is 5.83. The quantitative estimate of drug-likeness (QED) is 0.805. The first-order valence-electron chi connectivity index (χ1n) is 7.14. The minimum Gasteiger partial charge on any atom is -0.381 e. The van der Waals surface area contributed by atoms with E-state index in [-0.39, 0.29) is 17.6 Å². The Labute approximate surface area is 115 Å². The first-order chi connectivity index (χ1) is 8.88. The molecule has 2 aliphatic rings. The van der Waals surface area contributed by atoms with E-state index in [0.29, 0.717) is 32.8 Å². The molecule has 1 atom stereocenters. The minimum absolute atomic E-state index is 0.0716. The Hall–Kier alpha value is -0.650. The number of morpholine rings is 1. The van der Waals surface area contributed by atoms with Gasteiger partial charge in [0.1, 0.15) is 0 Å². The number of rotatable bonds is 2. The topological polar surface area (TPSA) is 64.8 Å². The third kappa shape index (κ3) is 3.09. The lowest BCUT2D eigenvalue weighted by atomic mass is 9.78. The van der Waals surface area contributed by atoms with E-state index in [4.69, 9.17) is 15.2 Å². The van der Waals surface area contributed by atoms with Crippen molar-refractivity contribution in [2.45, 2.75) is 45.3 Å². The van der Waals surface area contributed by atoms with Crippen molar-refractivity contribution in [3.05, 3.63) is 0 Å². The van der Waals surface area contributed by atoms with Gasteiger partial charge in [-0.1, -0.05) is 0 Å². The van der Waals surface area contributed by atoms with Crippen molar-refractivity contribution in [3.63, 3.8) is 0 Å². The van der Waals surface area contributed by atoms with Crippen molar-refractivity contribution in [1.82, 2.24) is 4.90 Å². The summed E-state index contributed by atoms with van der Waals surface area (Å²) in [5.74, 6) is 0.182. The zero-order valence-electron chi connectivity index (χ0n) is 12.3. The Bertz CT molecular complexity index is 338. The van der Waals surface area contributed by atoms with Crippen LogP contribution < -0.4 is 5.73 Å². The molecule has 2 aliphatic heterocycles. The van der Waals surface area contributed by atoms with Crippen LogP contribution in [0.25, 0.3) is 0 Å². The number of ether oxygens (including phenoxy) is 2. The maximum atomic E-state index is 12.9. The Morgan fingerprint density at radius 1 is 1.37 bits per heavy atom. The summed E-state index contributed by atoms with van der Waals surface area (Å²) in [5, 5.41) is 0. The van der Waals surface area contributed by atoms with Crippen LogP contribution >= 0.6 is 0 Å². The van der Waals surface area contributed by atoms with Gasteiger partial charge in [-0.25, -0.2) is 0 Å². The van der Waals surface area contributed by atoms with Gasteiger partial charge in [-0.05, 0) is 33.6 Å². The van der Waals surface area contributed by atoms with Crippen molar-refractivity contribution in [1.29, 1.82) is 0 Å². The van der Waals surface area contributed by atoms with E-state index < -0.39 is 5.41 Å². The van der Waals surface area contributed by atoms with Crippen LogP contribution in [0.2, 0.25) is 0 Å². The standard InChI is InChI=1S/C14H26N2O3/c1-11-8-16(10-13(2,3)19-11)12(17)14(9-15)4-6-18-7-5-14/h11H,4-10,15H2,1-3H3. The van der Waals surface area contributed by atoms with Gasteiger partial charge in [0.25, 0.3) is 0 Å². The number of carbonyl (C=O) groups excluding carboxylic acids is 1. The average molecular weight is 270 g/mol. The summed E-state index contributed by atoms with van der Waals surface area (Å²) in [6.45, 7) is 9.04. The summed E-state index contributed by atoms with van der Waals surface area (Å²) in [5.41, 5.74) is 5.21. The maximum absolute atomic E-state index is 12.9. The fraction of sp³-hybridized carbons (Fsp3) is 0.929. The Morgan fingerprint density at radius 2 is 2.00 bits per heavy atom. The van der Waals surface area contributed by atoms with Gasteiger partial charge in [-0.3, -0.25) is 4.79 Å². The lowest BCUT2D eigenvalue weighted by Crippen LogP contribution is -2.59. The van der Waals surface area contributed by atoms with E-state index in [9.17, 15) is 4.79 Å². The number of hydrogen-bond donors (Lipinski definition) is 1. The molecule has 2 rings (SSSR count). The molecular weight excluding hydrogens is 244 g/mol. The lowest BCUT2D eigenvalue weighted by Gasteiger charge is -2.46. The van der Waals surface area contributed by atoms with Crippen molar-refractivity contribution < 1.29 is 14.3 Å². The molecule has 0 radical (unpaired) electrons. The van der Waals surface area contributed by atoms with Gasteiger partial charge in [0, 0.05) is 32.8 Å². The molecule has 2 saturated heterocycles. The Balaban J connectivity index is 2.13. The zero-order valence-corrected chi connectivity index (χ0v) is 12.3. The fourth-order valence-electron chi connectivity index (χ4n) is 3.21. The molecule has 0 aromatic rings. The summed E-state index contributed by atoms with van der Waals surface area (Å²) < 4.78 is 11.2. The van der Waals surface area contributed by atoms with Crippen LogP contribution in [0.4, 0.5) is 0 Å². The molecule has 0 bridgehead atoms. The highest BCUT2D eigenvalue weighted by Crippen LogP contribution is 2.33. The van der Waals surface area contributed by atoms with E-state index in [1.165, 1.54) is 0 Å². The summed E-state index contributed by atoms with van der Waals surface area (Å²) in [6, 6.07) is 0. The molecule has 0 saturated carbocycles. The predicted molar refractivity (Wildman–Crippen MR) is 72.7 cm³/mol. The molecule has 2 N–H and O–H groups in total. The third-order valence-corrected chi connectivity index (χ3v) is 4.15. The molecule has 0 spiro atoms. The van der Waals surface area contributed by atoms with Crippen LogP contribution in [0.3, 0.4) is 0 Å². The zero-order chi connectivity index (χ0) is 14.1. The molecule has 19 heavy (non-hydrogen) atoms. The van der Waals surface area contributed by atoms with Crippen molar-refractivity contribution >= 4 is 5.91 Å². The number of carbonyl (C=O) groups is 1. The second-order valence-corrected chi connectivity index (χ2v) is 6.47. The molecular formula is C14H26N2O3. The van der Waals surface area contributed by atoms with E-state index in [1.54, 1.807) is 0 Å². The molecule has 1 amide bonds. The van der Waals surface area contributed by atoms with E-state index in [0.717, 1.165) is 12.8 Å². The molecule has 0 aromatic heterocycles. The van der Waals surface area contributed by atoms with Crippen LogP contribution in [-0.2, 0) is 14.3 Å². The fourth-order valence-corrected chi connectivity index (χ4v) is 3.21. The lowest BCUT2D eigenvalue weighted by molar-refractivity contribution is -0.170. The smallest absolute Gasteiger partial charge is 0.230 e. The normalized spacial score (nSPS) is 30.1. The predicted octanol–water partition coefficient (Wildman–Crippen LogP) is 0.768. The maximum Gasteiger partial charge on any atom is 0.230 e. The first kappa shape index (κ1) is 14.8.